The molecule has 0 spiro atoms. The number of rotatable bonds is 5. The van der Waals surface area contributed by atoms with Crippen molar-refractivity contribution in [1.82, 2.24) is 5.32 Å². The van der Waals surface area contributed by atoms with E-state index >= 15 is 0 Å². The predicted octanol–water partition coefficient (Wildman–Crippen LogP) is 4.20. The number of hydrogen-bond acceptors (Lipinski definition) is 3. The zero-order valence-electron chi connectivity index (χ0n) is 14.3. The molecule has 0 bridgehead atoms. The van der Waals surface area contributed by atoms with Gasteiger partial charge in [-0.3, -0.25) is 0 Å². The van der Waals surface area contributed by atoms with Crippen molar-refractivity contribution < 1.29 is 13.2 Å². The highest BCUT2D eigenvalue weighted by Crippen LogP contribution is 2.49. The minimum atomic E-state index is -4.33. The van der Waals surface area contributed by atoms with E-state index in [2.05, 4.69) is 17.6 Å². The van der Waals surface area contributed by atoms with Crippen LogP contribution in [0.3, 0.4) is 0 Å². The third-order valence-corrected chi connectivity index (χ3v) is 5.25. The number of fused-ring (bicyclic) bond motifs is 3. The average molecular weight is 341 g/mol. The first kappa shape index (κ1) is 17.4. The smallest absolute Gasteiger partial charge is 0.385 e. The minimum absolute atomic E-state index is 0.136. The molecule has 2 unspecified atom stereocenters. The first-order valence-corrected chi connectivity index (χ1v) is 8.86. The molecule has 3 rings (SSSR count). The quantitative estimate of drug-likeness (QED) is 0.786. The second kappa shape index (κ2) is 6.82. The molecule has 24 heavy (non-hydrogen) atoms. The summed E-state index contributed by atoms with van der Waals surface area (Å²) in [5.74, 6) is 0.136. The molecule has 2 aliphatic rings. The Hall–Kier alpha value is -1.43. The predicted molar refractivity (Wildman–Crippen MR) is 91.9 cm³/mol. The summed E-state index contributed by atoms with van der Waals surface area (Å²) in [5, 5.41) is 6.52. The van der Waals surface area contributed by atoms with Gasteiger partial charge in [-0.05, 0) is 37.1 Å². The zero-order valence-corrected chi connectivity index (χ0v) is 14.3. The lowest BCUT2D eigenvalue weighted by Gasteiger charge is -2.31. The van der Waals surface area contributed by atoms with E-state index in [9.17, 15) is 13.2 Å². The molecule has 2 aliphatic heterocycles. The summed E-state index contributed by atoms with van der Waals surface area (Å²) in [6.45, 7) is 4.44. The summed E-state index contributed by atoms with van der Waals surface area (Å²) >= 11 is 0. The Balaban J connectivity index is 1.95. The molecule has 1 fully saturated rings. The number of hydrogen-bond donors (Lipinski definition) is 2. The second-order valence-corrected chi connectivity index (χ2v) is 6.87. The first-order valence-electron chi connectivity index (χ1n) is 8.86. The zero-order chi connectivity index (χ0) is 17.3. The van der Waals surface area contributed by atoms with Crippen LogP contribution in [0, 0.1) is 0 Å². The van der Waals surface area contributed by atoms with Crippen molar-refractivity contribution in [3.8, 4) is 0 Å². The molecule has 1 saturated heterocycles. The highest BCUT2D eigenvalue weighted by molar-refractivity contribution is 5.72. The van der Waals surface area contributed by atoms with Crippen molar-refractivity contribution in [2.24, 2.45) is 0 Å². The second-order valence-electron chi connectivity index (χ2n) is 6.87. The highest BCUT2D eigenvalue weighted by atomic mass is 19.4. The number of unbranched alkanes of at least 4 members (excludes halogenated alkanes) is 2. The van der Waals surface area contributed by atoms with Crippen LogP contribution in [0.2, 0.25) is 0 Å². The monoisotopic (exact) mass is 341 g/mol. The molecule has 2 heterocycles. The maximum absolute atomic E-state index is 13.6. The van der Waals surface area contributed by atoms with Crippen molar-refractivity contribution >= 4 is 11.4 Å². The standard InChI is InChI=1S/C18H26F3N3/c1-3-4-5-7-23-12-9-13-14-11-22-8-6-16(14)24(2)17(13)15(10-12)18(19,20)21/h9-10,14,16,22-23H,3-8,11H2,1-2H3. The van der Waals surface area contributed by atoms with Crippen molar-refractivity contribution in [3.63, 3.8) is 0 Å². The SMILES string of the molecule is CCCCCNc1cc2c(c(C(F)(F)F)c1)N(C)C1CCNCC21. The number of nitrogens with one attached hydrogen (secondary N) is 2. The van der Waals surface area contributed by atoms with Crippen molar-refractivity contribution in [1.29, 1.82) is 0 Å². The molecular formula is C18H26F3N3. The Bertz CT molecular complexity index is 586. The molecule has 3 nitrogen and oxygen atoms in total. The van der Waals surface area contributed by atoms with Crippen molar-refractivity contribution in [3.05, 3.63) is 23.3 Å². The van der Waals surface area contributed by atoms with Crippen molar-refractivity contribution in [2.45, 2.75) is 50.7 Å². The number of benzene rings is 1. The van der Waals surface area contributed by atoms with Gasteiger partial charge in [0.2, 0.25) is 0 Å². The number of piperidine rings is 1. The van der Waals surface area contributed by atoms with E-state index in [1.54, 1.807) is 7.05 Å². The molecule has 134 valence electrons. The number of likely N-dealkylation sites (N-methyl/N-ethyl adjacent to an activating group) is 1. The molecule has 0 amide bonds. The average Bonchev–Trinajstić information content (AvgIpc) is 2.84. The third kappa shape index (κ3) is 3.21. The van der Waals surface area contributed by atoms with E-state index in [1.807, 2.05) is 11.0 Å². The minimum Gasteiger partial charge on any atom is -0.385 e. The maximum atomic E-state index is 13.6. The molecule has 0 saturated carbocycles. The first-order chi connectivity index (χ1) is 11.4. The van der Waals surface area contributed by atoms with E-state index < -0.39 is 11.7 Å². The van der Waals surface area contributed by atoms with Gasteiger partial charge in [-0.2, -0.15) is 13.2 Å². The summed E-state index contributed by atoms with van der Waals surface area (Å²) in [7, 11) is 1.80. The van der Waals surface area contributed by atoms with Gasteiger partial charge in [-0.15, -0.1) is 0 Å². The van der Waals surface area contributed by atoms with Gasteiger partial charge in [-0.25, -0.2) is 0 Å². The van der Waals surface area contributed by atoms with E-state index in [0.717, 1.165) is 44.3 Å². The van der Waals surface area contributed by atoms with Crippen LogP contribution in [0.25, 0.3) is 0 Å². The van der Waals surface area contributed by atoms with Crippen LogP contribution in [0.1, 0.15) is 49.7 Å². The van der Waals surface area contributed by atoms with Crippen LogP contribution in [0.4, 0.5) is 24.5 Å². The lowest BCUT2D eigenvalue weighted by molar-refractivity contribution is -0.137. The number of halogens is 3. The molecular weight excluding hydrogens is 315 g/mol. The Kier molecular flexibility index (Phi) is 4.95. The number of nitrogens with zero attached hydrogens (tertiary/aromatic N) is 1. The molecule has 2 N–H and O–H groups in total. The highest BCUT2D eigenvalue weighted by Gasteiger charge is 2.45. The summed E-state index contributed by atoms with van der Waals surface area (Å²) in [6.07, 6.45) is -0.295. The fourth-order valence-corrected chi connectivity index (χ4v) is 4.05. The number of anilines is 2. The summed E-state index contributed by atoms with van der Waals surface area (Å²) in [6, 6.07) is 3.38. The third-order valence-electron chi connectivity index (χ3n) is 5.25. The lowest BCUT2D eigenvalue weighted by Crippen LogP contribution is -2.42. The molecule has 0 aliphatic carbocycles. The van der Waals surface area contributed by atoms with Crippen LogP contribution in [0.15, 0.2) is 12.1 Å². The Morgan fingerprint density at radius 1 is 1.29 bits per heavy atom. The van der Waals surface area contributed by atoms with Gasteiger partial charge >= 0.3 is 6.18 Å². The maximum Gasteiger partial charge on any atom is 0.418 e. The summed E-state index contributed by atoms with van der Waals surface area (Å²) in [5.41, 5.74) is 1.30. The van der Waals surface area contributed by atoms with Crippen LogP contribution in [-0.2, 0) is 6.18 Å². The fraction of sp³-hybridized carbons (Fsp3) is 0.667. The van der Waals surface area contributed by atoms with Gasteiger partial charge in [0.05, 0.1) is 11.3 Å². The molecule has 1 aromatic rings. The van der Waals surface area contributed by atoms with Crippen LogP contribution in [0.5, 0.6) is 0 Å². The Labute approximate surface area is 141 Å². The van der Waals surface area contributed by atoms with Crippen LogP contribution < -0.4 is 15.5 Å². The van der Waals surface area contributed by atoms with Gasteiger partial charge in [0.1, 0.15) is 0 Å². The van der Waals surface area contributed by atoms with Crippen LogP contribution >= 0.6 is 0 Å². The largest absolute Gasteiger partial charge is 0.418 e. The summed E-state index contributed by atoms with van der Waals surface area (Å²) in [4.78, 5) is 1.85. The van der Waals surface area contributed by atoms with Gasteiger partial charge in [0.15, 0.2) is 0 Å². The molecule has 2 atom stereocenters. The summed E-state index contributed by atoms with van der Waals surface area (Å²) < 4.78 is 40.9. The molecule has 0 radical (unpaired) electrons. The van der Waals surface area contributed by atoms with Gasteiger partial charge in [-0.1, -0.05) is 19.8 Å². The Morgan fingerprint density at radius 2 is 2.08 bits per heavy atom. The number of alkyl halides is 3. The van der Waals surface area contributed by atoms with Crippen LogP contribution in [-0.4, -0.2) is 32.7 Å². The molecule has 0 aromatic heterocycles. The van der Waals surface area contributed by atoms with E-state index in [4.69, 9.17) is 0 Å². The van der Waals surface area contributed by atoms with Gasteiger partial charge in [0.25, 0.3) is 0 Å². The normalized spacial score (nSPS) is 23.1. The van der Waals surface area contributed by atoms with E-state index in [0.29, 0.717) is 17.9 Å². The van der Waals surface area contributed by atoms with Gasteiger partial charge < -0.3 is 15.5 Å². The molecule has 1 aromatic carbocycles. The van der Waals surface area contributed by atoms with E-state index in [1.165, 1.54) is 6.07 Å². The Morgan fingerprint density at radius 3 is 2.79 bits per heavy atom. The topological polar surface area (TPSA) is 27.3 Å². The van der Waals surface area contributed by atoms with E-state index in [-0.39, 0.29) is 12.0 Å². The van der Waals surface area contributed by atoms with Gasteiger partial charge in [0, 0.05) is 37.8 Å². The van der Waals surface area contributed by atoms with Crippen molar-refractivity contribution in [2.75, 3.05) is 36.9 Å². The fourth-order valence-electron chi connectivity index (χ4n) is 4.05. The lowest BCUT2D eigenvalue weighted by atomic mass is 9.89. The molecule has 6 heteroatoms.